The Morgan fingerprint density at radius 2 is 1.39 bits per heavy atom. The molecule has 4 aromatic carbocycles. The molecule has 0 heterocycles. The number of nitrogens with one attached hydrogen (secondary N) is 1. The molecule has 4 rings (SSSR count). The molecule has 5 nitrogen and oxygen atoms in total. The number of amides is 2. The van der Waals surface area contributed by atoms with Crippen molar-refractivity contribution in [3.63, 3.8) is 0 Å². The molecule has 1 N–H and O–H groups in total. The van der Waals surface area contributed by atoms with Gasteiger partial charge in [0.1, 0.15) is 11.8 Å². The summed E-state index contributed by atoms with van der Waals surface area (Å²) in [5.74, 6) is -0.109. The Balaban J connectivity index is 1.59. The van der Waals surface area contributed by atoms with E-state index in [4.69, 9.17) is 16.3 Å². The van der Waals surface area contributed by atoms with Gasteiger partial charge in [-0.15, -0.1) is 0 Å². The lowest BCUT2D eigenvalue weighted by Crippen LogP contribution is -2.51. The topological polar surface area (TPSA) is 58.6 Å². The first-order valence-corrected chi connectivity index (χ1v) is 13.0. The van der Waals surface area contributed by atoms with Gasteiger partial charge in [-0.3, -0.25) is 9.59 Å². The molecule has 0 fully saturated rings. The lowest BCUT2D eigenvalue weighted by Gasteiger charge is -2.31. The summed E-state index contributed by atoms with van der Waals surface area (Å²) in [5.41, 5.74) is 4.02. The quantitative estimate of drug-likeness (QED) is 0.261. The van der Waals surface area contributed by atoms with Crippen LogP contribution in [0.3, 0.4) is 0 Å². The van der Waals surface area contributed by atoms with Gasteiger partial charge in [-0.25, -0.2) is 0 Å². The normalized spacial score (nSPS) is 11.4. The van der Waals surface area contributed by atoms with E-state index in [1.165, 1.54) is 0 Å². The smallest absolute Gasteiger partial charge is 0.261 e. The maximum absolute atomic E-state index is 13.7. The standard InChI is InChI=1S/C32H31ClN2O3/c1-24-16-18-26(19-17-24)21-34-32(37)29(20-25-10-4-2-5-11-25)35(22-27-12-6-3-7-13-27)31(36)23-38-30-15-9-8-14-28(30)33/h2-19,29H,20-23H2,1H3,(H,34,37). The van der Waals surface area contributed by atoms with Crippen LogP contribution in [-0.2, 0) is 29.1 Å². The molecule has 38 heavy (non-hydrogen) atoms. The number of hydrogen-bond donors (Lipinski definition) is 1. The summed E-state index contributed by atoms with van der Waals surface area (Å²) in [6.45, 7) is 2.41. The Bertz CT molecular complexity index is 1330. The summed E-state index contributed by atoms with van der Waals surface area (Å²) in [6, 6.07) is 33.7. The van der Waals surface area contributed by atoms with Gasteiger partial charge in [0.05, 0.1) is 5.02 Å². The molecule has 0 spiro atoms. The summed E-state index contributed by atoms with van der Waals surface area (Å²) >= 11 is 6.23. The van der Waals surface area contributed by atoms with E-state index in [-0.39, 0.29) is 25.0 Å². The van der Waals surface area contributed by atoms with Crippen molar-refractivity contribution in [3.05, 3.63) is 136 Å². The molecule has 194 valence electrons. The van der Waals surface area contributed by atoms with E-state index in [1.807, 2.05) is 91.9 Å². The van der Waals surface area contributed by atoms with Crippen LogP contribution in [0.15, 0.2) is 109 Å². The molecule has 0 aliphatic rings. The third-order valence-electron chi connectivity index (χ3n) is 6.24. The van der Waals surface area contributed by atoms with E-state index in [2.05, 4.69) is 5.32 Å². The monoisotopic (exact) mass is 526 g/mol. The van der Waals surface area contributed by atoms with Gasteiger partial charge >= 0.3 is 0 Å². The average molecular weight is 527 g/mol. The average Bonchev–Trinajstić information content (AvgIpc) is 2.95. The second kappa shape index (κ2) is 13.5. The van der Waals surface area contributed by atoms with Crippen LogP contribution in [0.4, 0.5) is 0 Å². The lowest BCUT2D eigenvalue weighted by atomic mass is 10.0. The predicted molar refractivity (Wildman–Crippen MR) is 151 cm³/mol. The van der Waals surface area contributed by atoms with Crippen molar-refractivity contribution in [1.82, 2.24) is 10.2 Å². The molecule has 6 heteroatoms. The number of para-hydroxylation sites is 1. The first-order valence-electron chi connectivity index (χ1n) is 12.6. The Morgan fingerprint density at radius 3 is 2.05 bits per heavy atom. The second-order valence-electron chi connectivity index (χ2n) is 9.14. The number of carbonyl (C=O) groups is 2. The lowest BCUT2D eigenvalue weighted by molar-refractivity contribution is -0.142. The summed E-state index contributed by atoms with van der Waals surface area (Å²) in [5, 5.41) is 3.47. The molecule has 0 aromatic heterocycles. The molecular weight excluding hydrogens is 496 g/mol. The molecule has 0 aliphatic heterocycles. The number of benzene rings is 4. The van der Waals surface area contributed by atoms with E-state index < -0.39 is 6.04 Å². The highest BCUT2D eigenvalue weighted by Gasteiger charge is 2.30. The van der Waals surface area contributed by atoms with Gasteiger partial charge in [0.2, 0.25) is 5.91 Å². The van der Waals surface area contributed by atoms with Crippen molar-refractivity contribution in [3.8, 4) is 5.75 Å². The van der Waals surface area contributed by atoms with Crippen LogP contribution >= 0.6 is 11.6 Å². The van der Waals surface area contributed by atoms with Crippen LogP contribution in [0.2, 0.25) is 5.02 Å². The Hall–Kier alpha value is -4.09. The first-order chi connectivity index (χ1) is 18.5. The number of rotatable bonds is 11. The highest BCUT2D eigenvalue weighted by Crippen LogP contribution is 2.23. The fraction of sp³-hybridized carbons (Fsp3) is 0.188. The Morgan fingerprint density at radius 1 is 0.789 bits per heavy atom. The van der Waals surface area contributed by atoms with E-state index in [1.54, 1.807) is 29.2 Å². The van der Waals surface area contributed by atoms with Crippen molar-refractivity contribution in [2.24, 2.45) is 0 Å². The van der Waals surface area contributed by atoms with Crippen LogP contribution in [0.25, 0.3) is 0 Å². The summed E-state index contributed by atoms with van der Waals surface area (Å²) in [7, 11) is 0. The summed E-state index contributed by atoms with van der Waals surface area (Å²) in [4.78, 5) is 28.9. The van der Waals surface area contributed by atoms with Gasteiger partial charge in [0.15, 0.2) is 6.61 Å². The maximum atomic E-state index is 13.7. The fourth-order valence-electron chi connectivity index (χ4n) is 4.13. The minimum Gasteiger partial charge on any atom is -0.482 e. The molecule has 2 amide bonds. The van der Waals surface area contributed by atoms with Crippen molar-refractivity contribution in [1.29, 1.82) is 0 Å². The number of nitrogens with zero attached hydrogens (tertiary/aromatic N) is 1. The number of ether oxygens (including phenoxy) is 1. The fourth-order valence-corrected chi connectivity index (χ4v) is 4.32. The number of carbonyl (C=O) groups excluding carboxylic acids is 2. The van der Waals surface area contributed by atoms with Crippen molar-refractivity contribution < 1.29 is 14.3 Å². The van der Waals surface area contributed by atoms with Crippen LogP contribution in [0.1, 0.15) is 22.3 Å². The zero-order valence-electron chi connectivity index (χ0n) is 21.3. The second-order valence-corrected chi connectivity index (χ2v) is 9.54. The maximum Gasteiger partial charge on any atom is 0.261 e. The van der Waals surface area contributed by atoms with E-state index in [0.717, 1.165) is 22.3 Å². The third kappa shape index (κ3) is 7.70. The zero-order chi connectivity index (χ0) is 26.7. The molecule has 0 bridgehead atoms. The molecule has 1 unspecified atom stereocenters. The molecule has 0 saturated heterocycles. The molecule has 0 radical (unpaired) electrons. The summed E-state index contributed by atoms with van der Waals surface area (Å²) < 4.78 is 5.78. The minimum absolute atomic E-state index is 0.226. The predicted octanol–water partition coefficient (Wildman–Crippen LogP) is 5.98. The van der Waals surface area contributed by atoms with Crippen molar-refractivity contribution >= 4 is 23.4 Å². The van der Waals surface area contributed by atoms with Gasteiger partial charge in [0.25, 0.3) is 5.91 Å². The van der Waals surface area contributed by atoms with Crippen LogP contribution < -0.4 is 10.1 Å². The van der Waals surface area contributed by atoms with Crippen LogP contribution in [-0.4, -0.2) is 29.4 Å². The van der Waals surface area contributed by atoms with Gasteiger partial charge in [0, 0.05) is 19.5 Å². The molecular formula is C32H31ClN2O3. The van der Waals surface area contributed by atoms with E-state index >= 15 is 0 Å². The summed E-state index contributed by atoms with van der Waals surface area (Å²) in [6.07, 6.45) is 0.366. The number of aryl methyl sites for hydroxylation is 1. The highest BCUT2D eigenvalue weighted by atomic mass is 35.5. The Kier molecular flexibility index (Phi) is 9.54. The van der Waals surface area contributed by atoms with Crippen LogP contribution in [0.5, 0.6) is 5.75 Å². The number of halogens is 1. The minimum atomic E-state index is -0.745. The van der Waals surface area contributed by atoms with Gasteiger partial charge in [-0.05, 0) is 35.7 Å². The molecule has 1 atom stereocenters. The third-order valence-corrected chi connectivity index (χ3v) is 6.55. The van der Waals surface area contributed by atoms with Crippen LogP contribution in [0, 0.1) is 6.92 Å². The van der Waals surface area contributed by atoms with E-state index in [9.17, 15) is 9.59 Å². The largest absolute Gasteiger partial charge is 0.482 e. The molecule has 4 aromatic rings. The van der Waals surface area contributed by atoms with Gasteiger partial charge < -0.3 is 15.0 Å². The molecule has 0 saturated carbocycles. The number of hydrogen-bond acceptors (Lipinski definition) is 3. The van der Waals surface area contributed by atoms with Gasteiger partial charge in [-0.2, -0.15) is 0 Å². The Labute approximate surface area is 229 Å². The highest BCUT2D eigenvalue weighted by molar-refractivity contribution is 6.32. The SMILES string of the molecule is Cc1ccc(CNC(=O)C(Cc2ccccc2)N(Cc2ccccc2)C(=O)COc2ccccc2Cl)cc1. The van der Waals surface area contributed by atoms with Gasteiger partial charge in [-0.1, -0.05) is 114 Å². The first kappa shape index (κ1) is 27.0. The van der Waals surface area contributed by atoms with Crippen molar-refractivity contribution in [2.45, 2.75) is 32.5 Å². The molecule has 0 aliphatic carbocycles. The zero-order valence-corrected chi connectivity index (χ0v) is 22.1. The van der Waals surface area contributed by atoms with Crippen molar-refractivity contribution in [2.75, 3.05) is 6.61 Å². The van der Waals surface area contributed by atoms with E-state index in [0.29, 0.717) is 23.7 Å².